The number of hydrogen-bond donors (Lipinski definition) is 1. The summed E-state index contributed by atoms with van der Waals surface area (Å²) in [5.41, 5.74) is 0. The van der Waals surface area contributed by atoms with Crippen LogP contribution in [0.5, 0.6) is 0 Å². The summed E-state index contributed by atoms with van der Waals surface area (Å²) < 4.78 is 34.3. The van der Waals surface area contributed by atoms with Crippen molar-refractivity contribution < 1.29 is 42.1 Å². The van der Waals surface area contributed by atoms with Crippen molar-refractivity contribution in [2.75, 3.05) is 47.5 Å². The highest BCUT2D eigenvalue weighted by atomic mass is 31.2. The summed E-state index contributed by atoms with van der Waals surface area (Å²) in [6.45, 7) is 4.23. The molecule has 0 bridgehead atoms. The van der Waals surface area contributed by atoms with E-state index >= 15 is 0 Å². The summed E-state index contributed by atoms with van der Waals surface area (Å²) in [5, 5.41) is 0. The van der Waals surface area contributed by atoms with Crippen LogP contribution in [-0.2, 0) is 32.7 Å². The van der Waals surface area contributed by atoms with E-state index in [4.69, 9.17) is 18.5 Å². The SMILES string of the molecule is CC/C=C\C/C=C\C/C=C\C/C=C\C/C=C\C/C=C\C/C=C\C/C=C\C/C=C\C/C=C\CCCCCCCCCCC(=O)OC(COC(=O)CCCCCCCCC)COP(=O)(O)OCC[N+](C)(C)C. The Labute approximate surface area is 428 Å². The summed E-state index contributed by atoms with van der Waals surface area (Å²) in [4.78, 5) is 35.3. The Morgan fingerprint density at radius 1 is 0.457 bits per heavy atom. The molecule has 0 saturated heterocycles. The number of rotatable bonds is 48. The number of esters is 2. The first-order valence-electron chi connectivity index (χ1n) is 27.3. The number of carbonyl (C=O) groups is 2. The zero-order valence-corrected chi connectivity index (χ0v) is 45.8. The number of nitrogens with zero attached hydrogens (tertiary/aromatic N) is 1. The molecule has 1 N–H and O–H groups in total. The summed E-state index contributed by atoms with van der Waals surface area (Å²) >= 11 is 0. The first-order chi connectivity index (χ1) is 34.0. The molecular formula is C60H101NO8P+. The highest BCUT2D eigenvalue weighted by Crippen LogP contribution is 2.43. The van der Waals surface area contributed by atoms with Crippen molar-refractivity contribution in [2.45, 2.75) is 200 Å². The summed E-state index contributed by atoms with van der Waals surface area (Å²) in [5.74, 6) is -0.823. The van der Waals surface area contributed by atoms with Gasteiger partial charge < -0.3 is 18.9 Å². The van der Waals surface area contributed by atoms with Gasteiger partial charge in [-0.2, -0.15) is 0 Å². The Balaban J connectivity index is 4.04. The van der Waals surface area contributed by atoms with E-state index in [1.165, 1.54) is 51.4 Å². The molecule has 0 rings (SSSR count). The van der Waals surface area contributed by atoms with Crippen LogP contribution in [0.2, 0.25) is 0 Å². The van der Waals surface area contributed by atoms with Gasteiger partial charge in [0.25, 0.3) is 0 Å². The second kappa shape index (κ2) is 50.4. The molecule has 0 aromatic rings. The second-order valence-corrected chi connectivity index (χ2v) is 20.3. The third kappa shape index (κ3) is 53.8. The Bertz CT molecular complexity index is 1590. The van der Waals surface area contributed by atoms with Crippen molar-refractivity contribution in [3.63, 3.8) is 0 Å². The lowest BCUT2D eigenvalue weighted by molar-refractivity contribution is -0.870. The number of carbonyl (C=O) groups excluding carboxylic acids is 2. The van der Waals surface area contributed by atoms with E-state index < -0.39 is 26.5 Å². The van der Waals surface area contributed by atoms with Crippen molar-refractivity contribution in [1.82, 2.24) is 0 Å². The van der Waals surface area contributed by atoms with E-state index in [0.29, 0.717) is 17.4 Å². The van der Waals surface area contributed by atoms with Crippen LogP contribution in [-0.4, -0.2) is 74.9 Å². The van der Waals surface area contributed by atoms with Crippen LogP contribution in [0.3, 0.4) is 0 Å². The third-order valence-electron chi connectivity index (χ3n) is 11.0. The molecule has 0 aliphatic heterocycles. The molecule has 0 saturated carbocycles. The Morgan fingerprint density at radius 3 is 1.21 bits per heavy atom. The molecule has 9 nitrogen and oxygen atoms in total. The molecule has 10 heteroatoms. The first-order valence-corrected chi connectivity index (χ1v) is 28.8. The number of allylic oxidation sites excluding steroid dienone is 20. The molecule has 398 valence electrons. The lowest BCUT2D eigenvalue weighted by atomic mass is 10.1. The van der Waals surface area contributed by atoms with E-state index in [2.05, 4.69) is 135 Å². The Kier molecular flexibility index (Phi) is 47.8. The maximum atomic E-state index is 12.7. The monoisotopic (exact) mass is 995 g/mol. The number of unbranched alkanes of at least 4 members (excludes halogenated alkanes) is 14. The van der Waals surface area contributed by atoms with Crippen LogP contribution in [0.1, 0.15) is 194 Å². The van der Waals surface area contributed by atoms with E-state index in [9.17, 15) is 19.0 Å². The molecule has 0 radical (unpaired) electrons. The quantitative estimate of drug-likeness (QED) is 0.0211. The van der Waals surface area contributed by atoms with Crippen LogP contribution in [0.15, 0.2) is 122 Å². The van der Waals surface area contributed by atoms with Crippen molar-refractivity contribution in [2.24, 2.45) is 0 Å². The number of ether oxygens (including phenoxy) is 2. The minimum Gasteiger partial charge on any atom is -0.462 e. The van der Waals surface area contributed by atoms with Crippen LogP contribution < -0.4 is 0 Å². The van der Waals surface area contributed by atoms with Gasteiger partial charge in [0.05, 0.1) is 27.7 Å². The predicted molar refractivity (Wildman–Crippen MR) is 297 cm³/mol. The molecule has 0 amide bonds. The average Bonchev–Trinajstić information content (AvgIpc) is 3.32. The normalized spacial score (nSPS) is 14.3. The zero-order valence-electron chi connectivity index (χ0n) is 45.0. The zero-order chi connectivity index (χ0) is 51.3. The number of phosphoric ester groups is 1. The fraction of sp³-hybridized carbons (Fsp3) is 0.633. The lowest BCUT2D eigenvalue weighted by Gasteiger charge is -2.24. The topological polar surface area (TPSA) is 108 Å². The molecule has 0 heterocycles. The van der Waals surface area contributed by atoms with E-state index in [0.717, 1.165) is 109 Å². The number of quaternary nitrogens is 1. The second-order valence-electron chi connectivity index (χ2n) is 18.9. The first kappa shape index (κ1) is 66.4. The molecule has 0 spiro atoms. The van der Waals surface area contributed by atoms with E-state index in [1.54, 1.807) is 0 Å². The summed E-state index contributed by atoms with van der Waals surface area (Å²) in [6.07, 6.45) is 71.6. The van der Waals surface area contributed by atoms with Gasteiger partial charge in [0, 0.05) is 12.8 Å². The van der Waals surface area contributed by atoms with Crippen molar-refractivity contribution in [1.29, 1.82) is 0 Å². The molecule has 70 heavy (non-hydrogen) atoms. The van der Waals surface area contributed by atoms with Gasteiger partial charge in [-0.15, -0.1) is 0 Å². The van der Waals surface area contributed by atoms with Gasteiger partial charge in [-0.3, -0.25) is 18.6 Å². The molecule has 2 atom stereocenters. The maximum absolute atomic E-state index is 12.7. The Hall–Kier alpha value is -3.59. The van der Waals surface area contributed by atoms with Crippen molar-refractivity contribution >= 4 is 19.8 Å². The van der Waals surface area contributed by atoms with Crippen LogP contribution in [0, 0.1) is 0 Å². The molecule has 0 aromatic heterocycles. The smallest absolute Gasteiger partial charge is 0.462 e. The largest absolute Gasteiger partial charge is 0.472 e. The maximum Gasteiger partial charge on any atom is 0.472 e. The van der Waals surface area contributed by atoms with Gasteiger partial charge in [0.1, 0.15) is 19.8 Å². The van der Waals surface area contributed by atoms with Crippen LogP contribution >= 0.6 is 7.82 Å². The van der Waals surface area contributed by atoms with Crippen molar-refractivity contribution in [3.05, 3.63) is 122 Å². The molecule has 0 fully saturated rings. The van der Waals surface area contributed by atoms with E-state index in [1.807, 2.05) is 21.1 Å². The average molecular weight is 995 g/mol. The number of likely N-dealkylation sites (N-methyl/N-ethyl adjacent to an activating group) is 1. The van der Waals surface area contributed by atoms with Crippen LogP contribution in [0.4, 0.5) is 0 Å². The van der Waals surface area contributed by atoms with Gasteiger partial charge >= 0.3 is 19.8 Å². The fourth-order valence-electron chi connectivity index (χ4n) is 6.81. The lowest BCUT2D eigenvalue weighted by Crippen LogP contribution is -2.37. The minimum atomic E-state index is -4.38. The van der Waals surface area contributed by atoms with Crippen LogP contribution in [0.25, 0.3) is 0 Å². The Morgan fingerprint density at radius 2 is 0.814 bits per heavy atom. The molecule has 0 aliphatic carbocycles. The highest BCUT2D eigenvalue weighted by molar-refractivity contribution is 7.47. The van der Waals surface area contributed by atoms with Gasteiger partial charge in [0.2, 0.25) is 0 Å². The fourth-order valence-corrected chi connectivity index (χ4v) is 7.55. The van der Waals surface area contributed by atoms with Gasteiger partial charge in [-0.05, 0) is 89.9 Å². The summed E-state index contributed by atoms with van der Waals surface area (Å²) in [7, 11) is 1.46. The standard InChI is InChI=1S/C60H100NO8P/c1-6-8-10-12-14-15-16-17-18-19-20-21-22-23-24-25-26-27-28-29-30-31-32-33-34-35-36-37-38-39-40-41-42-43-44-45-47-49-51-53-60(63)69-58(57-68-70(64,65)67-55-54-61(3,4)5)56-66-59(62)52-50-48-46-13-11-9-7-2/h8,10,14-15,17-18,20-21,23-24,26-27,29-30,32-33,35-36,38-39,58H,6-7,9,11-13,16,19,22,25,28,31,34,37,40-57H2,1-5H3/p+1/b10-8-,15-14-,18-17-,21-20-,24-23-,27-26-,30-29-,33-32-,36-35-,39-38-. The van der Waals surface area contributed by atoms with Gasteiger partial charge in [0.15, 0.2) is 6.10 Å². The number of phosphoric acid groups is 1. The van der Waals surface area contributed by atoms with Crippen molar-refractivity contribution in [3.8, 4) is 0 Å². The molecule has 0 aromatic carbocycles. The molecular weight excluding hydrogens is 894 g/mol. The molecule has 2 unspecified atom stereocenters. The minimum absolute atomic E-state index is 0.0251. The predicted octanol–water partition coefficient (Wildman–Crippen LogP) is 16.8. The highest BCUT2D eigenvalue weighted by Gasteiger charge is 2.27. The molecule has 0 aliphatic rings. The third-order valence-corrected chi connectivity index (χ3v) is 12.0. The number of hydrogen-bond acceptors (Lipinski definition) is 7. The summed E-state index contributed by atoms with van der Waals surface area (Å²) in [6, 6.07) is 0. The van der Waals surface area contributed by atoms with Gasteiger partial charge in [-0.25, -0.2) is 4.57 Å². The van der Waals surface area contributed by atoms with Gasteiger partial charge in [-0.1, -0.05) is 212 Å². The van der Waals surface area contributed by atoms with E-state index in [-0.39, 0.29) is 32.0 Å².